The van der Waals surface area contributed by atoms with Gasteiger partial charge in [-0.2, -0.15) is 0 Å². The fraction of sp³-hybridized carbons (Fsp3) is 0.902. The Labute approximate surface area is 277 Å². The van der Waals surface area contributed by atoms with Crippen molar-refractivity contribution in [3.8, 4) is 0 Å². The van der Waals surface area contributed by atoms with E-state index in [1.807, 2.05) is 0 Å². The largest absolute Gasteiger partial charge is 0.374 e. The number of hydrogen-bond donors (Lipinski definition) is 0. The highest BCUT2D eigenvalue weighted by Gasteiger charge is 2.32. The second-order valence-electron chi connectivity index (χ2n) is 13.9. The van der Waals surface area contributed by atoms with Gasteiger partial charge in [-0.05, 0) is 71.3 Å². The predicted molar refractivity (Wildman–Crippen MR) is 196 cm³/mol. The number of likely N-dealkylation sites (tertiary alicyclic amines) is 1. The average molecular weight is 618 g/mol. The molecule has 0 bridgehead atoms. The van der Waals surface area contributed by atoms with E-state index in [0.717, 1.165) is 26.3 Å². The fourth-order valence-corrected chi connectivity index (χ4v) is 6.41. The van der Waals surface area contributed by atoms with E-state index in [4.69, 9.17) is 9.47 Å². The first-order chi connectivity index (χ1) is 21.8. The van der Waals surface area contributed by atoms with Crippen LogP contribution in [0.2, 0.25) is 0 Å². The Kier molecular flexibility index (Phi) is 31.7. The summed E-state index contributed by atoms with van der Waals surface area (Å²) in [7, 11) is 2.20. The third-order valence-electron chi connectivity index (χ3n) is 9.37. The molecule has 0 amide bonds. The van der Waals surface area contributed by atoms with Crippen LogP contribution in [0, 0.1) is 0 Å². The monoisotopic (exact) mass is 618 g/mol. The Morgan fingerprint density at radius 1 is 0.409 bits per heavy atom. The Balaban J connectivity index is 1.89. The Hall–Kier alpha value is -0.640. The smallest absolute Gasteiger partial charge is 0.0975 e. The first kappa shape index (κ1) is 41.4. The molecule has 0 aromatic heterocycles. The molecule has 0 saturated carbocycles. The number of unbranched alkanes of at least 4 members (excludes halogenated alkanes) is 24. The van der Waals surface area contributed by atoms with Crippen molar-refractivity contribution >= 4 is 0 Å². The van der Waals surface area contributed by atoms with E-state index in [2.05, 4.69) is 50.1 Å². The average Bonchev–Trinajstić information content (AvgIpc) is 3.38. The van der Waals surface area contributed by atoms with Crippen molar-refractivity contribution in [2.24, 2.45) is 0 Å². The van der Waals surface area contributed by atoms with Crippen LogP contribution in [0.5, 0.6) is 0 Å². The molecular formula is C41H79NO2. The van der Waals surface area contributed by atoms with Gasteiger partial charge in [-0.25, -0.2) is 0 Å². The van der Waals surface area contributed by atoms with Gasteiger partial charge in [-0.3, -0.25) is 0 Å². The second kappa shape index (κ2) is 33.7. The Morgan fingerprint density at radius 2 is 0.682 bits per heavy atom. The van der Waals surface area contributed by atoms with Crippen LogP contribution in [-0.4, -0.2) is 50.5 Å². The van der Waals surface area contributed by atoms with Gasteiger partial charge in [0.05, 0.1) is 12.2 Å². The standard InChI is InChI=1S/C41H79NO2/c1-4-6-8-10-12-14-16-18-20-22-24-26-28-30-32-34-36-43-40-38-42(3)39-41(40)44-37-35-33-31-29-27-25-23-21-19-17-15-13-11-9-7-5-2/h24-27,40-41H,4-23,28-39H2,1-3H3/b26-24-,27-25-/t40-,41-/m1/s1. The summed E-state index contributed by atoms with van der Waals surface area (Å²) in [5.41, 5.74) is 0. The van der Waals surface area contributed by atoms with E-state index in [9.17, 15) is 0 Å². The van der Waals surface area contributed by atoms with Crippen LogP contribution in [0.1, 0.15) is 194 Å². The molecule has 0 unspecified atom stereocenters. The third kappa shape index (κ3) is 27.7. The molecule has 0 N–H and O–H groups in total. The van der Waals surface area contributed by atoms with Crippen molar-refractivity contribution in [2.45, 2.75) is 206 Å². The van der Waals surface area contributed by atoms with Crippen LogP contribution in [0.3, 0.4) is 0 Å². The molecule has 44 heavy (non-hydrogen) atoms. The molecule has 1 aliphatic rings. The van der Waals surface area contributed by atoms with Crippen molar-refractivity contribution in [1.29, 1.82) is 0 Å². The molecule has 0 aromatic rings. The minimum Gasteiger partial charge on any atom is -0.374 e. The van der Waals surface area contributed by atoms with Gasteiger partial charge in [-0.15, -0.1) is 0 Å². The zero-order valence-corrected chi connectivity index (χ0v) is 30.4. The first-order valence-corrected chi connectivity index (χ1v) is 20.0. The summed E-state index contributed by atoms with van der Waals surface area (Å²) in [6.45, 7) is 8.37. The van der Waals surface area contributed by atoms with Gasteiger partial charge >= 0.3 is 0 Å². The maximum atomic E-state index is 6.29. The lowest BCUT2D eigenvalue weighted by atomic mass is 10.1. The predicted octanol–water partition coefficient (Wildman–Crippen LogP) is 12.8. The van der Waals surface area contributed by atoms with Crippen molar-refractivity contribution in [3.05, 3.63) is 24.3 Å². The quantitative estimate of drug-likeness (QED) is 0.0529. The molecule has 1 fully saturated rings. The molecule has 0 spiro atoms. The fourth-order valence-electron chi connectivity index (χ4n) is 6.41. The summed E-state index contributed by atoms with van der Waals surface area (Å²) in [5, 5.41) is 0. The Bertz CT molecular complexity index is 566. The van der Waals surface area contributed by atoms with Crippen molar-refractivity contribution < 1.29 is 9.47 Å². The zero-order chi connectivity index (χ0) is 31.6. The summed E-state index contributed by atoms with van der Waals surface area (Å²) >= 11 is 0. The van der Waals surface area contributed by atoms with Gasteiger partial charge in [0.2, 0.25) is 0 Å². The summed E-state index contributed by atoms with van der Waals surface area (Å²) in [6, 6.07) is 0. The molecule has 3 nitrogen and oxygen atoms in total. The molecule has 1 rings (SSSR count). The molecule has 1 aliphatic heterocycles. The zero-order valence-electron chi connectivity index (χ0n) is 30.4. The third-order valence-corrected chi connectivity index (χ3v) is 9.37. The normalized spacial score (nSPS) is 17.6. The van der Waals surface area contributed by atoms with E-state index in [1.54, 1.807) is 0 Å². The number of nitrogens with zero attached hydrogens (tertiary/aromatic N) is 1. The molecule has 2 atom stereocenters. The van der Waals surface area contributed by atoms with E-state index in [-0.39, 0.29) is 12.2 Å². The molecule has 260 valence electrons. The van der Waals surface area contributed by atoms with Gasteiger partial charge in [-0.1, -0.05) is 154 Å². The van der Waals surface area contributed by atoms with Gasteiger partial charge in [0.1, 0.15) is 0 Å². The topological polar surface area (TPSA) is 21.7 Å². The molecule has 0 aromatic carbocycles. The number of likely N-dealkylation sites (N-methyl/N-ethyl adjacent to an activating group) is 1. The molecule has 0 radical (unpaired) electrons. The van der Waals surface area contributed by atoms with E-state index < -0.39 is 0 Å². The molecule has 0 aliphatic carbocycles. The summed E-state index contributed by atoms with van der Waals surface area (Å²) in [5.74, 6) is 0. The van der Waals surface area contributed by atoms with Gasteiger partial charge in [0.15, 0.2) is 0 Å². The van der Waals surface area contributed by atoms with Crippen molar-refractivity contribution in [3.63, 3.8) is 0 Å². The van der Waals surface area contributed by atoms with E-state index in [1.165, 1.54) is 180 Å². The summed E-state index contributed by atoms with van der Waals surface area (Å²) in [6.07, 6.45) is 48.1. The van der Waals surface area contributed by atoms with E-state index in [0.29, 0.717) is 0 Å². The lowest BCUT2D eigenvalue weighted by Gasteiger charge is -2.19. The number of hydrogen-bond acceptors (Lipinski definition) is 3. The molecule has 1 heterocycles. The van der Waals surface area contributed by atoms with Crippen LogP contribution >= 0.6 is 0 Å². The lowest BCUT2D eigenvalue weighted by molar-refractivity contribution is -0.0481. The van der Waals surface area contributed by atoms with Crippen molar-refractivity contribution in [2.75, 3.05) is 33.4 Å². The molecule has 1 saturated heterocycles. The van der Waals surface area contributed by atoms with Crippen LogP contribution < -0.4 is 0 Å². The second-order valence-corrected chi connectivity index (χ2v) is 13.9. The number of rotatable bonds is 34. The van der Waals surface area contributed by atoms with Gasteiger partial charge in [0.25, 0.3) is 0 Å². The van der Waals surface area contributed by atoms with Gasteiger partial charge < -0.3 is 14.4 Å². The summed E-state index contributed by atoms with van der Waals surface area (Å²) in [4.78, 5) is 2.37. The lowest BCUT2D eigenvalue weighted by Crippen LogP contribution is -2.30. The van der Waals surface area contributed by atoms with E-state index >= 15 is 0 Å². The molecular weight excluding hydrogens is 538 g/mol. The van der Waals surface area contributed by atoms with Crippen LogP contribution in [-0.2, 0) is 9.47 Å². The van der Waals surface area contributed by atoms with Crippen LogP contribution in [0.15, 0.2) is 24.3 Å². The summed E-state index contributed by atoms with van der Waals surface area (Å²) < 4.78 is 12.6. The highest BCUT2D eigenvalue weighted by atomic mass is 16.5. The van der Waals surface area contributed by atoms with Crippen LogP contribution in [0.25, 0.3) is 0 Å². The van der Waals surface area contributed by atoms with Gasteiger partial charge in [0, 0.05) is 26.3 Å². The highest BCUT2D eigenvalue weighted by Crippen LogP contribution is 2.18. The number of ether oxygens (including phenoxy) is 2. The molecule has 3 heteroatoms. The minimum atomic E-state index is 0.250. The first-order valence-electron chi connectivity index (χ1n) is 20.0. The minimum absolute atomic E-state index is 0.250. The van der Waals surface area contributed by atoms with Crippen molar-refractivity contribution in [1.82, 2.24) is 4.90 Å². The highest BCUT2D eigenvalue weighted by molar-refractivity contribution is 4.85. The van der Waals surface area contributed by atoms with Crippen LogP contribution in [0.4, 0.5) is 0 Å². The number of allylic oxidation sites excluding steroid dienone is 4. The maximum absolute atomic E-state index is 6.29. The SMILES string of the molecule is CCCCCCCCCCC/C=C\CCCCCO[C@@H]1CN(C)C[C@H]1OCCCCC/C=C\CCCCCCCCCCC. The Morgan fingerprint density at radius 3 is 1.00 bits per heavy atom. The maximum Gasteiger partial charge on any atom is 0.0975 e.